The van der Waals surface area contributed by atoms with Gasteiger partial charge in [0.15, 0.2) is 6.29 Å². The lowest BCUT2D eigenvalue weighted by atomic mass is 10.1. The third-order valence-electron chi connectivity index (χ3n) is 3.14. The van der Waals surface area contributed by atoms with Gasteiger partial charge in [-0.3, -0.25) is 0 Å². The molecule has 3 heterocycles. The number of hydrogen-bond acceptors (Lipinski definition) is 6. The van der Waals surface area contributed by atoms with E-state index in [0.29, 0.717) is 19.8 Å². The van der Waals surface area contributed by atoms with Gasteiger partial charge in [0.05, 0.1) is 31.6 Å². The molecule has 1 N–H and O–H groups in total. The van der Waals surface area contributed by atoms with Crippen molar-refractivity contribution in [3.05, 3.63) is 24.5 Å². The second kappa shape index (κ2) is 4.77. The molecule has 1 saturated heterocycles. The Balaban J connectivity index is 1.73. The van der Waals surface area contributed by atoms with E-state index < -0.39 is 18.5 Å². The van der Waals surface area contributed by atoms with Crippen molar-refractivity contribution in [2.75, 3.05) is 6.61 Å². The van der Waals surface area contributed by atoms with E-state index in [1.54, 1.807) is 17.0 Å². The van der Waals surface area contributed by atoms with E-state index in [-0.39, 0.29) is 6.10 Å². The molecule has 1 aromatic heterocycles. The summed E-state index contributed by atoms with van der Waals surface area (Å²) >= 11 is 0. The SMILES string of the molecule is C=CCO[C@H]1O[C@@H]2Cn3nncc3CO[C@@H]2[C@H]1O. The summed E-state index contributed by atoms with van der Waals surface area (Å²) in [6.45, 7) is 4.76. The zero-order valence-electron chi connectivity index (χ0n) is 9.81. The molecule has 0 saturated carbocycles. The Morgan fingerprint density at radius 1 is 1.67 bits per heavy atom. The van der Waals surface area contributed by atoms with Crippen LogP contribution in [0.5, 0.6) is 0 Å². The minimum absolute atomic E-state index is 0.280. The van der Waals surface area contributed by atoms with E-state index in [4.69, 9.17) is 14.2 Å². The minimum Gasteiger partial charge on any atom is -0.385 e. The van der Waals surface area contributed by atoms with E-state index >= 15 is 0 Å². The Bertz CT molecular complexity index is 436. The molecule has 0 amide bonds. The molecule has 18 heavy (non-hydrogen) atoms. The van der Waals surface area contributed by atoms with Crippen LogP contribution in [0.25, 0.3) is 0 Å². The summed E-state index contributed by atoms with van der Waals surface area (Å²) in [5, 5.41) is 17.9. The van der Waals surface area contributed by atoms with Crippen molar-refractivity contribution in [2.45, 2.75) is 37.8 Å². The van der Waals surface area contributed by atoms with E-state index in [0.717, 1.165) is 5.69 Å². The largest absolute Gasteiger partial charge is 0.385 e. The van der Waals surface area contributed by atoms with Crippen molar-refractivity contribution in [3.8, 4) is 0 Å². The van der Waals surface area contributed by atoms with Crippen molar-refractivity contribution in [1.82, 2.24) is 15.0 Å². The molecule has 7 heteroatoms. The Kier molecular flexibility index (Phi) is 3.13. The maximum atomic E-state index is 10.1. The third-order valence-corrected chi connectivity index (χ3v) is 3.14. The first-order valence-electron chi connectivity index (χ1n) is 5.84. The summed E-state index contributed by atoms with van der Waals surface area (Å²) in [6, 6.07) is 0. The molecule has 4 atom stereocenters. The van der Waals surface area contributed by atoms with Crippen LogP contribution in [0.4, 0.5) is 0 Å². The van der Waals surface area contributed by atoms with E-state index in [2.05, 4.69) is 16.9 Å². The van der Waals surface area contributed by atoms with Crippen LogP contribution < -0.4 is 0 Å². The zero-order chi connectivity index (χ0) is 12.5. The van der Waals surface area contributed by atoms with Gasteiger partial charge in [0.1, 0.15) is 18.3 Å². The highest BCUT2D eigenvalue weighted by molar-refractivity contribution is 4.98. The molecule has 2 aliphatic rings. The van der Waals surface area contributed by atoms with Gasteiger partial charge in [-0.1, -0.05) is 11.3 Å². The molecule has 0 bridgehead atoms. The van der Waals surface area contributed by atoms with Gasteiger partial charge in [-0.2, -0.15) is 0 Å². The number of fused-ring (bicyclic) bond motifs is 2. The minimum atomic E-state index is -0.799. The van der Waals surface area contributed by atoms with Crippen LogP contribution in [-0.4, -0.2) is 51.3 Å². The van der Waals surface area contributed by atoms with Crippen molar-refractivity contribution in [2.24, 2.45) is 0 Å². The van der Waals surface area contributed by atoms with Crippen molar-refractivity contribution in [3.63, 3.8) is 0 Å². The molecule has 0 spiro atoms. The number of rotatable bonds is 3. The lowest BCUT2D eigenvalue weighted by Gasteiger charge is -2.17. The van der Waals surface area contributed by atoms with E-state index in [1.807, 2.05) is 0 Å². The van der Waals surface area contributed by atoms with Gasteiger partial charge in [0, 0.05) is 0 Å². The molecule has 0 aromatic carbocycles. The van der Waals surface area contributed by atoms with Crippen molar-refractivity contribution < 1.29 is 19.3 Å². The highest BCUT2D eigenvalue weighted by atomic mass is 16.7. The first kappa shape index (κ1) is 11.8. The predicted molar refractivity (Wildman–Crippen MR) is 59.4 cm³/mol. The molecule has 0 aliphatic carbocycles. The quantitative estimate of drug-likeness (QED) is 0.729. The Hall–Kier alpha value is -1.28. The summed E-state index contributed by atoms with van der Waals surface area (Å²) in [5.74, 6) is 0. The average Bonchev–Trinajstić information content (AvgIpc) is 2.87. The molecule has 7 nitrogen and oxygen atoms in total. The summed E-state index contributed by atoms with van der Waals surface area (Å²) in [6.07, 6.45) is 1.11. The Morgan fingerprint density at radius 3 is 3.39 bits per heavy atom. The summed E-state index contributed by atoms with van der Waals surface area (Å²) in [7, 11) is 0. The van der Waals surface area contributed by atoms with Crippen LogP contribution >= 0.6 is 0 Å². The Morgan fingerprint density at radius 2 is 2.56 bits per heavy atom. The monoisotopic (exact) mass is 253 g/mol. The first-order chi connectivity index (χ1) is 8.79. The van der Waals surface area contributed by atoms with Crippen LogP contribution in [0.3, 0.4) is 0 Å². The van der Waals surface area contributed by atoms with Gasteiger partial charge in [-0.05, 0) is 0 Å². The predicted octanol–water partition coefficient (Wildman–Crippen LogP) is -0.535. The fourth-order valence-corrected chi connectivity index (χ4v) is 2.26. The number of nitrogens with zero attached hydrogens (tertiary/aromatic N) is 3. The molecular formula is C11H15N3O4. The van der Waals surface area contributed by atoms with Gasteiger partial charge >= 0.3 is 0 Å². The number of aromatic nitrogens is 3. The highest BCUT2D eigenvalue weighted by Gasteiger charge is 2.46. The topological polar surface area (TPSA) is 78.6 Å². The maximum Gasteiger partial charge on any atom is 0.186 e. The number of ether oxygens (including phenoxy) is 3. The third kappa shape index (κ3) is 1.95. The van der Waals surface area contributed by atoms with Crippen LogP contribution in [-0.2, 0) is 27.4 Å². The molecule has 0 unspecified atom stereocenters. The number of hydrogen-bond donors (Lipinski definition) is 1. The van der Waals surface area contributed by atoms with Gasteiger partial charge in [-0.25, -0.2) is 4.68 Å². The van der Waals surface area contributed by atoms with Gasteiger partial charge in [-0.15, -0.1) is 11.7 Å². The molecule has 1 fully saturated rings. The fraction of sp³-hybridized carbons (Fsp3) is 0.636. The van der Waals surface area contributed by atoms with Gasteiger partial charge in [0.25, 0.3) is 0 Å². The lowest BCUT2D eigenvalue weighted by molar-refractivity contribution is -0.160. The molecule has 98 valence electrons. The normalized spacial score (nSPS) is 34.7. The van der Waals surface area contributed by atoms with Crippen LogP contribution in [0.15, 0.2) is 18.9 Å². The van der Waals surface area contributed by atoms with E-state index in [1.165, 1.54) is 0 Å². The molecular weight excluding hydrogens is 238 g/mol. The maximum absolute atomic E-state index is 10.1. The first-order valence-corrected chi connectivity index (χ1v) is 5.84. The van der Waals surface area contributed by atoms with Crippen LogP contribution in [0.2, 0.25) is 0 Å². The second-order valence-electron chi connectivity index (χ2n) is 4.34. The average molecular weight is 253 g/mol. The molecule has 1 aromatic rings. The zero-order valence-corrected chi connectivity index (χ0v) is 9.81. The standard InChI is InChI=1S/C11H15N3O4/c1-2-3-16-11-9(15)10-8(18-11)5-14-7(6-17-10)4-12-13-14/h2,4,8-11,15H,1,3,5-6H2/t8-,9-,10+,11+/m1/s1. The number of aliphatic hydroxyl groups excluding tert-OH is 1. The fourth-order valence-electron chi connectivity index (χ4n) is 2.26. The van der Waals surface area contributed by atoms with Gasteiger partial charge < -0.3 is 19.3 Å². The summed E-state index contributed by atoms with van der Waals surface area (Å²) < 4.78 is 18.4. The Labute approximate surface area is 104 Å². The number of aliphatic hydroxyl groups is 1. The van der Waals surface area contributed by atoms with E-state index in [9.17, 15) is 5.11 Å². The summed E-state index contributed by atoms with van der Waals surface area (Å²) in [5.41, 5.74) is 0.878. The van der Waals surface area contributed by atoms with Crippen LogP contribution in [0.1, 0.15) is 5.69 Å². The lowest BCUT2D eigenvalue weighted by Crippen LogP contribution is -2.36. The smallest absolute Gasteiger partial charge is 0.186 e. The molecule has 2 aliphatic heterocycles. The van der Waals surface area contributed by atoms with Crippen molar-refractivity contribution >= 4 is 0 Å². The second-order valence-corrected chi connectivity index (χ2v) is 4.34. The van der Waals surface area contributed by atoms with Crippen LogP contribution in [0, 0.1) is 0 Å². The van der Waals surface area contributed by atoms with Crippen molar-refractivity contribution in [1.29, 1.82) is 0 Å². The molecule has 0 radical (unpaired) electrons. The summed E-state index contributed by atoms with van der Waals surface area (Å²) in [4.78, 5) is 0. The van der Waals surface area contributed by atoms with Gasteiger partial charge in [0.2, 0.25) is 0 Å². The highest BCUT2D eigenvalue weighted by Crippen LogP contribution is 2.28. The molecule has 3 rings (SSSR count).